The summed E-state index contributed by atoms with van der Waals surface area (Å²) in [5.41, 5.74) is 0.369. The van der Waals surface area contributed by atoms with Crippen molar-refractivity contribution < 1.29 is 19.1 Å². The van der Waals surface area contributed by atoms with Crippen molar-refractivity contribution in [2.75, 3.05) is 11.4 Å². The Balaban J connectivity index is 2.85. The largest absolute Gasteiger partial charge is 0.481 e. The molecule has 0 aliphatic rings. The first kappa shape index (κ1) is 12.2. The zero-order valence-corrected chi connectivity index (χ0v) is 8.81. The monoisotopic (exact) mass is 225 g/mol. The molecule has 4 nitrogen and oxygen atoms in total. The van der Waals surface area contributed by atoms with Gasteiger partial charge in [0.15, 0.2) is 0 Å². The molecule has 0 saturated heterocycles. The Hall–Kier alpha value is -1.91. The van der Waals surface area contributed by atoms with Crippen LogP contribution in [-0.4, -0.2) is 23.5 Å². The third-order valence-corrected chi connectivity index (χ3v) is 2.05. The number of benzene rings is 1. The van der Waals surface area contributed by atoms with Crippen molar-refractivity contribution in [1.82, 2.24) is 0 Å². The summed E-state index contributed by atoms with van der Waals surface area (Å²) in [6.07, 6.45) is -0.171. The quantitative estimate of drug-likeness (QED) is 0.847. The third-order valence-electron chi connectivity index (χ3n) is 2.05. The second-order valence-electron chi connectivity index (χ2n) is 3.29. The van der Waals surface area contributed by atoms with Crippen molar-refractivity contribution in [2.24, 2.45) is 0 Å². The summed E-state index contributed by atoms with van der Waals surface area (Å²) in [4.78, 5) is 22.9. The minimum Gasteiger partial charge on any atom is -0.481 e. The normalized spacial score (nSPS) is 9.88. The molecule has 86 valence electrons. The van der Waals surface area contributed by atoms with Crippen molar-refractivity contribution in [3.05, 3.63) is 30.1 Å². The van der Waals surface area contributed by atoms with Crippen LogP contribution in [0.1, 0.15) is 13.3 Å². The highest BCUT2D eigenvalue weighted by Gasteiger charge is 2.13. The maximum absolute atomic E-state index is 12.9. The first-order valence-electron chi connectivity index (χ1n) is 4.76. The molecule has 0 aliphatic heterocycles. The van der Waals surface area contributed by atoms with Gasteiger partial charge in [-0.3, -0.25) is 9.59 Å². The van der Waals surface area contributed by atoms with Gasteiger partial charge in [-0.25, -0.2) is 4.39 Å². The van der Waals surface area contributed by atoms with Crippen LogP contribution in [0.15, 0.2) is 24.3 Å². The van der Waals surface area contributed by atoms with Crippen LogP contribution in [0.2, 0.25) is 0 Å². The van der Waals surface area contributed by atoms with Gasteiger partial charge in [0.1, 0.15) is 5.82 Å². The molecule has 1 N–H and O–H groups in total. The highest BCUT2D eigenvalue weighted by atomic mass is 19.1. The van der Waals surface area contributed by atoms with Crippen molar-refractivity contribution in [1.29, 1.82) is 0 Å². The molecule has 0 saturated carbocycles. The van der Waals surface area contributed by atoms with Crippen LogP contribution in [0.3, 0.4) is 0 Å². The number of carboxylic acids is 1. The van der Waals surface area contributed by atoms with Gasteiger partial charge in [-0.05, 0) is 18.2 Å². The number of carbonyl (C=O) groups excluding carboxylic acids is 1. The number of amides is 1. The van der Waals surface area contributed by atoms with Crippen LogP contribution in [0.5, 0.6) is 0 Å². The van der Waals surface area contributed by atoms with E-state index in [0.29, 0.717) is 5.69 Å². The lowest BCUT2D eigenvalue weighted by molar-refractivity contribution is -0.136. The van der Waals surface area contributed by atoms with E-state index in [-0.39, 0.29) is 18.9 Å². The molecule has 0 bridgehead atoms. The molecule has 1 aromatic carbocycles. The summed E-state index contributed by atoms with van der Waals surface area (Å²) >= 11 is 0. The number of halogens is 1. The van der Waals surface area contributed by atoms with Crippen LogP contribution in [0, 0.1) is 5.82 Å². The summed E-state index contributed by atoms with van der Waals surface area (Å²) in [6.45, 7) is 1.35. The highest BCUT2D eigenvalue weighted by molar-refractivity contribution is 5.91. The zero-order chi connectivity index (χ0) is 12.1. The molecule has 0 heterocycles. The molecule has 16 heavy (non-hydrogen) atoms. The average molecular weight is 225 g/mol. The van der Waals surface area contributed by atoms with Crippen LogP contribution in [-0.2, 0) is 9.59 Å². The lowest BCUT2D eigenvalue weighted by atomic mass is 10.2. The van der Waals surface area contributed by atoms with Crippen LogP contribution >= 0.6 is 0 Å². The van der Waals surface area contributed by atoms with Gasteiger partial charge in [0, 0.05) is 19.2 Å². The van der Waals surface area contributed by atoms with Crippen molar-refractivity contribution >= 4 is 17.6 Å². The molecule has 1 aromatic rings. The van der Waals surface area contributed by atoms with Gasteiger partial charge < -0.3 is 10.0 Å². The molecular weight excluding hydrogens is 213 g/mol. The van der Waals surface area contributed by atoms with E-state index in [1.807, 2.05) is 0 Å². The topological polar surface area (TPSA) is 57.6 Å². The molecule has 5 heteroatoms. The number of anilines is 1. The first-order valence-corrected chi connectivity index (χ1v) is 4.76. The van der Waals surface area contributed by atoms with E-state index in [2.05, 4.69) is 0 Å². The smallest absolute Gasteiger partial charge is 0.305 e. The molecule has 0 unspecified atom stereocenters. The number of hydrogen-bond acceptors (Lipinski definition) is 2. The molecule has 0 atom stereocenters. The molecule has 0 spiro atoms. The summed E-state index contributed by atoms with van der Waals surface area (Å²) in [5.74, 6) is -1.77. The van der Waals surface area contributed by atoms with E-state index in [1.165, 1.54) is 30.0 Å². The summed E-state index contributed by atoms with van der Waals surface area (Å²) in [6, 6.07) is 5.50. The van der Waals surface area contributed by atoms with Gasteiger partial charge in [0.25, 0.3) is 0 Å². The first-order chi connectivity index (χ1) is 7.50. The Morgan fingerprint density at radius 2 is 2.12 bits per heavy atom. The molecular formula is C11H12FNO3. The van der Waals surface area contributed by atoms with Crippen molar-refractivity contribution in [3.8, 4) is 0 Å². The maximum Gasteiger partial charge on any atom is 0.305 e. The second-order valence-corrected chi connectivity index (χ2v) is 3.29. The SMILES string of the molecule is CC(=O)N(CCC(=O)O)c1cccc(F)c1. The van der Waals surface area contributed by atoms with Gasteiger partial charge in [-0.15, -0.1) is 0 Å². The third kappa shape index (κ3) is 3.34. The number of hydrogen-bond donors (Lipinski definition) is 1. The van der Waals surface area contributed by atoms with Gasteiger partial charge in [0.2, 0.25) is 5.91 Å². The number of rotatable bonds is 4. The fraction of sp³-hybridized carbons (Fsp3) is 0.273. The fourth-order valence-corrected chi connectivity index (χ4v) is 1.32. The minimum atomic E-state index is -0.998. The van der Waals surface area contributed by atoms with Crippen LogP contribution < -0.4 is 4.90 Å². The fourth-order valence-electron chi connectivity index (χ4n) is 1.32. The summed E-state index contributed by atoms with van der Waals surface area (Å²) < 4.78 is 12.9. The van der Waals surface area contributed by atoms with Crippen molar-refractivity contribution in [3.63, 3.8) is 0 Å². The summed E-state index contributed by atoms with van der Waals surface area (Å²) in [5, 5.41) is 8.53. The van der Waals surface area contributed by atoms with Gasteiger partial charge >= 0.3 is 5.97 Å². The van der Waals surface area contributed by atoms with E-state index in [9.17, 15) is 14.0 Å². The average Bonchev–Trinajstić information content (AvgIpc) is 2.17. The molecule has 0 aliphatic carbocycles. The number of carboxylic acid groups (broad SMARTS) is 1. The van der Waals surface area contributed by atoms with Crippen molar-refractivity contribution in [2.45, 2.75) is 13.3 Å². The lowest BCUT2D eigenvalue weighted by Crippen LogP contribution is -2.30. The predicted molar refractivity (Wildman–Crippen MR) is 56.7 cm³/mol. The molecule has 1 rings (SSSR count). The number of carbonyl (C=O) groups is 2. The Bertz CT molecular complexity index is 406. The Labute approximate surface area is 92.3 Å². The highest BCUT2D eigenvalue weighted by Crippen LogP contribution is 2.16. The van der Waals surface area contributed by atoms with Crippen LogP contribution in [0.4, 0.5) is 10.1 Å². The van der Waals surface area contributed by atoms with Crippen LogP contribution in [0.25, 0.3) is 0 Å². The maximum atomic E-state index is 12.9. The van der Waals surface area contributed by atoms with E-state index >= 15 is 0 Å². The molecule has 1 amide bonds. The number of nitrogens with zero attached hydrogens (tertiary/aromatic N) is 1. The summed E-state index contributed by atoms with van der Waals surface area (Å²) in [7, 11) is 0. The zero-order valence-electron chi connectivity index (χ0n) is 8.81. The molecule has 0 aromatic heterocycles. The van der Waals surface area contributed by atoms with E-state index in [0.717, 1.165) is 0 Å². The second kappa shape index (κ2) is 5.25. The van der Waals surface area contributed by atoms with Gasteiger partial charge in [-0.2, -0.15) is 0 Å². The van der Waals surface area contributed by atoms with E-state index in [1.54, 1.807) is 6.07 Å². The standard InChI is InChI=1S/C11H12FNO3/c1-8(14)13(6-5-11(15)16)10-4-2-3-9(12)7-10/h2-4,7H,5-6H2,1H3,(H,15,16). The minimum absolute atomic E-state index is 0.0358. The number of aliphatic carboxylic acids is 1. The Kier molecular flexibility index (Phi) is 3.99. The molecule has 0 radical (unpaired) electrons. The molecule has 0 fully saturated rings. The Morgan fingerprint density at radius 1 is 1.44 bits per heavy atom. The van der Waals surface area contributed by atoms with Gasteiger partial charge in [0.05, 0.1) is 6.42 Å². The van der Waals surface area contributed by atoms with E-state index in [4.69, 9.17) is 5.11 Å². The van der Waals surface area contributed by atoms with Gasteiger partial charge in [-0.1, -0.05) is 6.07 Å². The lowest BCUT2D eigenvalue weighted by Gasteiger charge is -2.20. The predicted octanol–water partition coefficient (Wildman–Crippen LogP) is 1.65. The van der Waals surface area contributed by atoms with E-state index < -0.39 is 11.8 Å². The Morgan fingerprint density at radius 3 is 2.62 bits per heavy atom.